The lowest BCUT2D eigenvalue weighted by Crippen LogP contribution is -2.07. The van der Waals surface area contributed by atoms with Crippen LogP contribution in [0.3, 0.4) is 0 Å². The molecule has 4 nitrogen and oxygen atoms in total. The minimum atomic E-state index is -0.812. The van der Waals surface area contributed by atoms with Crippen molar-refractivity contribution in [2.75, 3.05) is 0 Å². The predicted octanol–water partition coefficient (Wildman–Crippen LogP) is 2.54. The normalized spacial score (nSPS) is 12.7. The van der Waals surface area contributed by atoms with Gasteiger partial charge in [0.05, 0.1) is 18.6 Å². The van der Waals surface area contributed by atoms with Crippen LogP contribution < -0.4 is 4.74 Å². The van der Waals surface area contributed by atoms with E-state index in [1.807, 2.05) is 13.8 Å². The Morgan fingerprint density at radius 1 is 1.35 bits per heavy atom. The summed E-state index contributed by atoms with van der Waals surface area (Å²) < 4.78 is 10.7. The summed E-state index contributed by atoms with van der Waals surface area (Å²) in [5.74, 6) is 1.14. The molecule has 2 heterocycles. The molecule has 0 saturated heterocycles. The largest absolute Gasteiger partial charge is 0.489 e. The molecule has 1 atom stereocenters. The molecule has 0 aliphatic rings. The van der Waals surface area contributed by atoms with Crippen molar-refractivity contribution in [3.8, 4) is 5.75 Å². The molecular weight excluding hydrogens is 218 g/mol. The lowest BCUT2D eigenvalue weighted by atomic mass is 10.1. The molecule has 0 saturated carbocycles. The molecule has 2 aromatic heterocycles. The zero-order chi connectivity index (χ0) is 12.3. The van der Waals surface area contributed by atoms with E-state index in [1.165, 1.54) is 6.26 Å². The molecule has 0 amide bonds. The molecular formula is C13H15NO3. The fourth-order valence-corrected chi connectivity index (χ4v) is 1.53. The molecule has 0 fully saturated rings. The highest BCUT2D eigenvalue weighted by Crippen LogP contribution is 2.24. The van der Waals surface area contributed by atoms with Crippen molar-refractivity contribution >= 4 is 0 Å². The maximum atomic E-state index is 10.1. The molecule has 0 bridgehead atoms. The summed E-state index contributed by atoms with van der Waals surface area (Å²) in [4.78, 5) is 4.04. The first-order chi connectivity index (χ1) is 8.16. The minimum absolute atomic E-state index is 0.0767. The number of furan rings is 1. The number of nitrogens with zero attached hydrogens (tertiary/aromatic N) is 1. The predicted molar refractivity (Wildman–Crippen MR) is 62.8 cm³/mol. The fraction of sp³-hybridized carbons (Fsp3) is 0.308. The molecule has 4 heteroatoms. The third-order valence-corrected chi connectivity index (χ3v) is 2.23. The monoisotopic (exact) mass is 233 g/mol. The molecule has 1 unspecified atom stereocenters. The van der Waals surface area contributed by atoms with Gasteiger partial charge in [0.15, 0.2) is 0 Å². The number of rotatable bonds is 4. The first-order valence-corrected chi connectivity index (χ1v) is 5.50. The van der Waals surface area contributed by atoms with Crippen molar-refractivity contribution in [1.82, 2.24) is 4.98 Å². The topological polar surface area (TPSA) is 55.5 Å². The van der Waals surface area contributed by atoms with E-state index in [0.717, 1.165) is 0 Å². The Balaban J connectivity index is 2.21. The first kappa shape index (κ1) is 11.7. The zero-order valence-electron chi connectivity index (χ0n) is 9.83. The van der Waals surface area contributed by atoms with Gasteiger partial charge in [-0.15, -0.1) is 0 Å². The molecule has 0 aliphatic heterocycles. The SMILES string of the molecule is CC(C)Oc1cncc(C(O)c2ccco2)c1. The quantitative estimate of drug-likeness (QED) is 0.881. The Morgan fingerprint density at radius 2 is 2.18 bits per heavy atom. The van der Waals surface area contributed by atoms with E-state index in [9.17, 15) is 5.11 Å². The first-order valence-electron chi connectivity index (χ1n) is 5.50. The molecule has 0 aromatic carbocycles. The van der Waals surface area contributed by atoms with Gasteiger partial charge >= 0.3 is 0 Å². The van der Waals surface area contributed by atoms with E-state index in [-0.39, 0.29) is 6.10 Å². The van der Waals surface area contributed by atoms with Crippen LogP contribution in [0.5, 0.6) is 5.75 Å². The van der Waals surface area contributed by atoms with Crippen molar-refractivity contribution < 1.29 is 14.3 Å². The Bertz CT molecular complexity index is 465. The van der Waals surface area contributed by atoms with Crippen LogP contribution in [0.1, 0.15) is 31.3 Å². The fourth-order valence-electron chi connectivity index (χ4n) is 1.53. The van der Waals surface area contributed by atoms with Gasteiger partial charge in [0.25, 0.3) is 0 Å². The molecule has 0 aliphatic carbocycles. The maximum absolute atomic E-state index is 10.1. The Labute approximate surface area is 99.9 Å². The van der Waals surface area contributed by atoms with Gasteiger partial charge in [0, 0.05) is 11.8 Å². The van der Waals surface area contributed by atoms with Crippen LogP contribution in [0.15, 0.2) is 41.3 Å². The van der Waals surface area contributed by atoms with Crippen molar-refractivity contribution in [1.29, 1.82) is 0 Å². The van der Waals surface area contributed by atoms with E-state index < -0.39 is 6.10 Å². The van der Waals surface area contributed by atoms with Gasteiger partial charge in [-0.3, -0.25) is 4.98 Å². The van der Waals surface area contributed by atoms with Crippen molar-refractivity contribution in [2.24, 2.45) is 0 Å². The smallest absolute Gasteiger partial charge is 0.138 e. The van der Waals surface area contributed by atoms with Gasteiger partial charge < -0.3 is 14.3 Å². The third-order valence-electron chi connectivity index (χ3n) is 2.23. The number of aliphatic hydroxyl groups excluding tert-OH is 1. The van der Waals surface area contributed by atoms with Crippen LogP contribution in [-0.2, 0) is 0 Å². The number of hydrogen-bond donors (Lipinski definition) is 1. The summed E-state index contributed by atoms with van der Waals surface area (Å²) in [5, 5.41) is 10.1. The summed E-state index contributed by atoms with van der Waals surface area (Å²) in [6.45, 7) is 3.88. The summed E-state index contributed by atoms with van der Waals surface area (Å²) in [6.07, 6.45) is 4.01. The van der Waals surface area contributed by atoms with Crippen LogP contribution in [0, 0.1) is 0 Å². The van der Waals surface area contributed by atoms with Gasteiger partial charge in [0.2, 0.25) is 0 Å². The minimum Gasteiger partial charge on any atom is -0.489 e. The Morgan fingerprint density at radius 3 is 2.82 bits per heavy atom. The average Bonchev–Trinajstić information content (AvgIpc) is 2.81. The Kier molecular flexibility index (Phi) is 3.44. The standard InChI is InChI=1S/C13H15NO3/c1-9(2)17-11-6-10(7-14-8-11)13(15)12-4-3-5-16-12/h3-9,13,15H,1-2H3. The second kappa shape index (κ2) is 5.01. The highest BCUT2D eigenvalue weighted by molar-refractivity contribution is 5.29. The maximum Gasteiger partial charge on any atom is 0.138 e. The number of aliphatic hydroxyl groups is 1. The molecule has 0 radical (unpaired) electrons. The highest BCUT2D eigenvalue weighted by atomic mass is 16.5. The van der Waals surface area contributed by atoms with Gasteiger partial charge in [-0.25, -0.2) is 0 Å². The molecule has 2 rings (SSSR count). The number of pyridine rings is 1. The van der Waals surface area contributed by atoms with E-state index >= 15 is 0 Å². The van der Waals surface area contributed by atoms with E-state index in [1.54, 1.807) is 30.6 Å². The third kappa shape index (κ3) is 2.85. The Hall–Kier alpha value is -1.81. The van der Waals surface area contributed by atoms with Crippen molar-refractivity contribution in [3.05, 3.63) is 48.2 Å². The van der Waals surface area contributed by atoms with Crippen molar-refractivity contribution in [2.45, 2.75) is 26.1 Å². The zero-order valence-corrected chi connectivity index (χ0v) is 9.83. The van der Waals surface area contributed by atoms with E-state index in [0.29, 0.717) is 17.1 Å². The summed E-state index contributed by atoms with van der Waals surface area (Å²) >= 11 is 0. The van der Waals surface area contributed by atoms with Crippen LogP contribution in [0.4, 0.5) is 0 Å². The lowest BCUT2D eigenvalue weighted by Gasteiger charge is -2.12. The molecule has 2 aromatic rings. The lowest BCUT2D eigenvalue weighted by molar-refractivity contribution is 0.187. The van der Waals surface area contributed by atoms with Gasteiger partial charge in [-0.2, -0.15) is 0 Å². The van der Waals surface area contributed by atoms with E-state index in [2.05, 4.69) is 4.98 Å². The highest BCUT2D eigenvalue weighted by Gasteiger charge is 2.14. The second-order valence-corrected chi connectivity index (χ2v) is 4.04. The summed E-state index contributed by atoms with van der Waals surface area (Å²) in [7, 11) is 0. The molecule has 90 valence electrons. The average molecular weight is 233 g/mol. The molecule has 0 spiro atoms. The summed E-state index contributed by atoms with van der Waals surface area (Å²) in [5.41, 5.74) is 0.651. The summed E-state index contributed by atoms with van der Waals surface area (Å²) in [6, 6.07) is 5.22. The van der Waals surface area contributed by atoms with Crippen LogP contribution in [0.25, 0.3) is 0 Å². The van der Waals surface area contributed by atoms with Crippen molar-refractivity contribution in [3.63, 3.8) is 0 Å². The number of ether oxygens (including phenoxy) is 1. The van der Waals surface area contributed by atoms with E-state index in [4.69, 9.17) is 9.15 Å². The molecule has 1 N–H and O–H groups in total. The van der Waals surface area contributed by atoms with Gasteiger partial charge in [-0.1, -0.05) is 0 Å². The van der Waals surface area contributed by atoms with Crippen LogP contribution in [0.2, 0.25) is 0 Å². The van der Waals surface area contributed by atoms with Gasteiger partial charge in [0.1, 0.15) is 17.6 Å². The van der Waals surface area contributed by atoms with Gasteiger partial charge in [-0.05, 0) is 32.0 Å². The number of hydrogen-bond acceptors (Lipinski definition) is 4. The van der Waals surface area contributed by atoms with Crippen LogP contribution in [-0.4, -0.2) is 16.2 Å². The molecule has 17 heavy (non-hydrogen) atoms. The van der Waals surface area contributed by atoms with Crippen LogP contribution >= 0.6 is 0 Å². The number of aromatic nitrogens is 1. The second-order valence-electron chi connectivity index (χ2n) is 4.04.